The summed E-state index contributed by atoms with van der Waals surface area (Å²) >= 11 is 1.67. The fourth-order valence-corrected chi connectivity index (χ4v) is 5.70. The third-order valence-electron chi connectivity index (χ3n) is 6.37. The number of benzene rings is 1. The van der Waals surface area contributed by atoms with Crippen LogP contribution in [0.25, 0.3) is 10.2 Å². The predicted molar refractivity (Wildman–Crippen MR) is 133 cm³/mol. The zero-order valence-electron chi connectivity index (χ0n) is 18.9. The Kier molecular flexibility index (Phi) is 5.93. The SMILES string of the molecule is COc1cc(N)c(C=[NH2+])cc1Nc1ncnc2sc3c(c12)CC/C(=C/CC(=O)N1CC(O)C1)C3. The van der Waals surface area contributed by atoms with Crippen LogP contribution in [0.4, 0.5) is 17.2 Å². The van der Waals surface area contributed by atoms with Crippen molar-refractivity contribution in [2.45, 2.75) is 31.8 Å². The molecule has 1 aliphatic carbocycles. The van der Waals surface area contributed by atoms with Crippen molar-refractivity contribution < 1.29 is 20.0 Å². The van der Waals surface area contributed by atoms with E-state index < -0.39 is 0 Å². The average molecular weight is 480 g/mol. The lowest BCUT2D eigenvalue weighted by atomic mass is 9.91. The van der Waals surface area contributed by atoms with Crippen LogP contribution in [0, 0.1) is 0 Å². The van der Waals surface area contributed by atoms with E-state index >= 15 is 0 Å². The van der Waals surface area contributed by atoms with Gasteiger partial charge in [0.2, 0.25) is 5.91 Å². The van der Waals surface area contributed by atoms with Crippen LogP contribution in [0.1, 0.15) is 28.8 Å². The lowest BCUT2D eigenvalue weighted by Gasteiger charge is -2.35. The number of nitrogens with one attached hydrogen (secondary N) is 1. The minimum atomic E-state index is -0.371. The molecule has 34 heavy (non-hydrogen) atoms. The number of amides is 1. The average Bonchev–Trinajstić information content (AvgIpc) is 3.20. The van der Waals surface area contributed by atoms with Crippen molar-refractivity contribution >= 4 is 50.9 Å². The van der Waals surface area contributed by atoms with Crippen LogP contribution < -0.4 is 21.2 Å². The second-order valence-electron chi connectivity index (χ2n) is 8.58. The fourth-order valence-electron chi connectivity index (χ4n) is 4.46. The predicted octanol–water partition coefficient (Wildman–Crippen LogP) is 1.21. The van der Waals surface area contributed by atoms with Gasteiger partial charge < -0.3 is 25.8 Å². The Hall–Kier alpha value is -3.50. The molecule has 0 saturated carbocycles. The molecule has 3 aromatic rings. The first-order chi connectivity index (χ1) is 16.5. The number of likely N-dealkylation sites (tertiary alicyclic amines) is 1. The Bertz CT molecular complexity index is 1310. The molecule has 0 radical (unpaired) electrons. The molecule has 0 spiro atoms. The minimum Gasteiger partial charge on any atom is -0.494 e. The number of nitrogen functional groups attached to an aromatic ring is 1. The van der Waals surface area contributed by atoms with Crippen molar-refractivity contribution in [3.63, 3.8) is 0 Å². The summed E-state index contributed by atoms with van der Waals surface area (Å²) in [6, 6.07) is 3.58. The van der Waals surface area contributed by atoms with Crippen LogP contribution in [0.15, 0.2) is 30.1 Å². The van der Waals surface area contributed by atoms with Crippen molar-refractivity contribution in [1.82, 2.24) is 14.9 Å². The van der Waals surface area contributed by atoms with Gasteiger partial charge in [-0.15, -0.1) is 11.3 Å². The maximum atomic E-state index is 12.3. The number of aliphatic hydroxyl groups excluding tert-OH is 1. The number of ether oxygens (including phenoxy) is 1. The summed E-state index contributed by atoms with van der Waals surface area (Å²) in [6.45, 7) is 0.890. The van der Waals surface area contributed by atoms with Crippen LogP contribution in [0.2, 0.25) is 0 Å². The summed E-state index contributed by atoms with van der Waals surface area (Å²) < 4.78 is 5.51. The largest absolute Gasteiger partial charge is 0.494 e. The number of aliphatic hydroxyl groups is 1. The molecule has 1 fully saturated rings. The number of aromatic nitrogens is 2. The quantitative estimate of drug-likeness (QED) is 0.237. The second-order valence-corrected chi connectivity index (χ2v) is 9.66. The number of nitrogens with two attached hydrogens (primary N) is 2. The van der Waals surface area contributed by atoms with E-state index in [0.717, 1.165) is 35.2 Å². The summed E-state index contributed by atoms with van der Waals surface area (Å²) in [6.07, 6.45) is 7.64. The van der Waals surface area contributed by atoms with Gasteiger partial charge in [-0.2, -0.15) is 0 Å². The number of β-amino-alcohol motifs (C(OH)–C–C–N with tert-alkyl or cyclic N) is 1. The monoisotopic (exact) mass is 479 g/mol. The Balaban J connectivity index is 1.41. The van der Waals surface area contributed by atoms with E-state index in [-0.39, 0.29) is 12.0 Å². The van der Waals surface area contributed by atoms with Crippen LogP contribution in [0.5, 0.6) is 5.75 Å². The number of anilines is 3. The van der Waals surface area contributed by atoms with Gasteiger partial charge in [0.05, 0.1) is 29.9 Å². The highest BCUT2D eigenvalue weighted by Gasteiger charge is 2.28. The van der Waals surface area contributed by atoms with Crippen LogP contribution in [-0.2, 0) is 17.6 Å². The van der Waals surface area contributed by atoms with Gasteiger partial charge in [-0.3, -0.25) is 10.2 Å². The molecule has 2 aliphatic rings. The zero-order valence-corrected chi connectivity index (χ0v) is 19.7. The Labute approximate surface area is 200 Å². The normalized spacial score (nSPS) is 16.9. The van der Waals surface area contributed by atoms with E-state index in [9.17, 15) is 9.90 Å². The van der Waals surface area contributed by atoms with Gasteiger partial charge in [0, 0.05) is 42.6 Å². The number of nitrogens with zero attached hydrogens (tertiary/aromatic N) is 3. The molecular formula is C24H27N6O3S+. The lowest BCUT2D eigenvalue weighted by Crippen LogP contribution is -2.53. The molecule has 1 saturated heterocycles. The fraction of sp³-hybridized carbons (Fsp3) is 0.333. The summed E-state index contributed by atoms with van der Waals surface area (Å²) in [4.78, 5) is 25.2. The number of hydrogen-bond donors (Lipinski definition) is 4. The molecule has 10 heteroatoms. The molecule has 1 aromatic carbocycles. The van der Waals surface area contributed by atoms with Crippen molar-refractivity contribution in [2.75, 3.05) is 31.2 Å². The number of carbonyl (C=O) groups excluding carboxylic acids is 1. The molecule has 1 amide bonds. The summed E-state index contributed by atoms with van der Waals surface area (Å²) in [7, 11) is 1.59. The number of aryl methyl sites for hydroxylation is 1. The lowest BCUT2D eigenvalue weighted by molar-refractivity contribution is -0.140. The minimum absolute atomic E-state index is 0.0730. The molecule has 2 aromatic heterocycles. The second kappa shape index (κ2) is 9.03. The van der Waals surface area contributed by atoms with Gasteiger partial charge in [-0.1, -0.05) is 11.6 Å². The van der Waals surface area contributed by atoms with Crippen molar-refractivity contribution in [1.29, 1.82) is 0 Å². The third kappa shape index (κ3) is 4.10. The standard InChI is InChI=1S/C24H26N6O3S/c1-33-19-8-17(26)14(9-25)7-18(19)29-23-22-16-4-2-13(3-5-21(32)30-10-15(31)11-30)6-20(16)34-24(22)28-12-27-23/h3,7-9,12,15,25,31H,2,4-6,10-11,26H2,1H3,(H,27,28,29)/p+1/b13-3-,25-9?. The van der Waals surface area contributed by atoms with Gasteiger partial charge in [0.15, 0.2) is 6.21 Å². The highest BCUT2D eigenvalue weighted by atomic mass is 32.1. The number of fused-ring (bicyclic) bond motifs is 3. The van der Waals surface area contributed by atoms with Crippen molar-refractivity contribution in [3.05, 3.63) is 46.1 Å². The number of thiophene rings is 1. The van der Waals surface area contributed by atoms with E-state index in [2.05, 4.69) is 21.4 Å². The maximum absolute atomic E-state index is 12.3. The van der Waals surface area contributed by atoms with Gasteiger partial charge in [0.1, 0.15) is 22.7 Å². The topological polar surface area (TPSA) is 139 Å². The summed E-state index contributed by atoms with van der Waals surface area (Å²) in [5.74, 6) is 1.39. The molecule has 9 nitrogen and oxygen atoms in total. The van der Waals surface area contributed by atoms with E-state index in [0.29, 0.717) is 42.3 Å². The molecule has 0 bridgehead atoms. The molecule has 6 N–H and O–H groups in total. The van der Waals surface area contributed by atoms with Gasteiger partial charge in [-0.25, -0.2) is 9.97 Å². The number of hydrogen-bond acceptors (Lipinski definition) is 8. The van der Waals surface area contributed by atoms with Crippen LogP contribution >= 0.6 is 11.3 Å². The zero-order chi connectivity index (χ0) is 23.8. The number of methoxy groups -OCH3 is 1. The van der Waals surface area contributed by atoms with E-state index in [4.69, 9.17) is 15.9 Å². The van der Waals surface area contributed by atoms with Crippen LogP contribution in [-0.4, -0.2) is 58.4 Å². The Morgan fingerprint density at radius 1 is 1.38 bits per heavy atom. The van der Waals surface area contributed by atoms with E-state index in [1.165, 1.54) is 22.2 Å². The van der Waals surface area contributed by atoms with Crippen LogP contribution in [0.3, 0.4) is 0 Å². The van der Waals surface area contributed by atoms with E-state index in [1.54, 1.807) is 35.7 Å². The highest BCUT2D eigenvalue weighted by Crippen LogP contribution is 2.41. The summed E-state index contributed by atoms with van der Waals surface area (Å²) in [5.41, 5.74) is 10.5. The number of carbonyl (C=O) groups is 1. The summed E-state index contributed by atoms with van der Waals surface area (Å²) in [5, 5.41) is 19.5. The maximum Gasteiger partial charge on any atom is 0.226 e. The molecule has 176 valence electrons. The first-order valence-electron chi connectivity index (χ1n) is 11.1. The molecule has 3 heterocycles. The smallest absolute Gasteiger partial charge is 0.226 e. The first kappa shape index (κ1) is 22.3. The van der Waals surface area contributed by atoms with Gasteiger partial charge in [0.25, 0.3) is 0 Å². The van der Waals surface area contributed by atoms with Gasteiger partial charge >= 0.3 is 0 Å². The molecule has 0 atom stereocenters. The Morgan fingerprint density at radius 3 is 2.94 bits per heavy atom. The number of rotatable bonds is 6. The third-order valence-corrected chi connectivity index (χ3v) is 7.51. The van der Waals surface area contributed by atoms with Gasteiger partial charge in [-0.05, 0) is 24.5 Å². The first-order valence-corrected chi connectivity index (χ1v) is 12.0. The molecule has 5 rings (SSSR count). The van der Waals surface area contributed by atoms with Crippen molar-refractivity contribution in [2.24, 2.45) is 0 Å². The van der Waals surface area contributed by atoms with E-state index in [1.807, 2.05) is 6.07 Å². The highest BCUT2D eigenvalue weighted by molar-refractivity contribution is 7.19. The molecular weight excluding hydrogens is 452 g/mol. The van der Waals surface area contributed by atoms with Crippen molar-refractivity contribution in [3.8, 4) is 5.75 Å². The molecule has 0 unspecified atom stereocenters. The Morgan fingerprint density at radius 2 is 2.21 bits per heavy atom. The number of allylic oxidation sites excluding steroid dienone is 1. The molecule has 1 aliphatic heterocycles.